The Morgan fingerprint density at radius 1 is 0.833 bits per heavy atom. The predicted molar refractivity (Wildman–Crippen MR) is 73.4 cm³/mol. The third-order valence-corrected chi connectivity index (χ3v) is 3.71. The number of fused-ring (bicyclic) bond motifs is 1. The summed E-state index contributed by atoms with van der Waals surface area (Å²) in [5.74, 6) is -0.627. The molecule has 0 fully saturated rings. The first-order valence-corrected chi connectivity index (χ1v) is 6.76. The molecular formula is C16H9F6NO. The molecule has 126 valence electrons. The van der Waals surface area contributed by atoms with Gasteiger partial charge in [-0.1, -0.05) is 18.2 Å². The maximum absolute atomic E-state index is 12.9. The number of amides is 1. The second-order valence-electron chi connectivity index (χ2n) is 5.31. The Hall–Kier alpha value is -2.51. The van der Waals surface area contributed by atoms with Crippen LogP contribution in [0.4, 0.5) is 32.0 Å². The van der Waals surface area contributed by atoms with E-state index < -0.39 is 35.1 Å². The highest BCUT2D eigenvalue weighted by atomic mass is 19.4. The maximum Gasteiger partial charge on any atom is 0.416 e. The third kappa shape index (κ3) is 2.83. The van der Waals surface area contributed by atoms with Gasteiger partial charge >= 0.3 is 12.4 Å². The summed E-state index contributed by atoms with van der Waals surface area (Å²) in [6, 6.07) is 7.45. The minimum atomic E-state index is -4.95. The first-order chi connectivity index (χ1) is 11.1. The minimum Gasteiger partial charge on any atom is -0.304 e. The highest BCUT2D eigenvalue weighted by Crippen LogP contribution is 2.39. The topological polar surface area (TPSA) is 20.3 Å². The van der Waals surface area contributed by atoms with E-state index in [0.717, 1.165) is 4.90 Å². The number of nitrogens with zero attached hydrogens (tertiary/aromatic N) is 1. The second-order valence-corrected chi connectivity index (χ2v) is 5.31. The first-order valence-electron chi connectivity index (χ1n) is 6.76. The zero-order valence-corrected chi connectivity index (χ0v) is 11.9. The number of rotatable bonds is 1. The highest BCUT2D eigenvalue weighted by molar-refractivity contribution is 6.10. The van der Waals surface area contributed by atoms with Gasteiger partial charge in [-0.2, -0.15) is 26.3 Å². The highest BCUT2D eigenvalue weighted by Gasteiger charge is 2.38. The van der Waals surface area contributed by atoms with Crippen LogP contribution in [0.3, 0.4) is 0 Å². The molecule has 2 aromatic rings. The van der Waals surface area contributed by atoms with Crippen LogP contribution in [0.25, 0.3) is 0 Å². The summed E-state index contributed by atoms with van der Waals surface area (Å²) < 4.78 is 77.5. The van der Waals surface area contributed by atoms with Crippen LogP contribution in [0.2, 0.25) is 0 Å². The van der Waals surface area contributed by atoms with Crippen molar-refractivity contribution >= 4 is 11.6 Å². The lowest BCUT2D eigenvalue weighted by Gasteiger charge is -2.20. The molecule has 0 aromatic heterocycles. The van der Waals surface area contributed by atoms with E-state index in [2.05, 4.69) is 0 Å². The average molecular weight is 345 g/mol. The van der Waals surface area contributed by atoms with Crippen molar-refractivity contribution in [3.63, 3.8) is 0 Å². The summed E-state index contributed by atoms with van der Waals surface area (Å²) >= 11 is 0. The Morgan fingerprint density at radius 2 is 1.38 bits per heavy atom. The number of halogens is 6. The van der Waals surface area contributed by atoms with E-state index in [4.69, 9.17) is 0 Å². The fourth-order valence-corrected chi connectivity index (χ4v) is 2.56. The van der Waals surface area contributed by atoms with Crippen LogP contribution < -0.4 is 4.90 Å². The summed E-state index contributed by atoms with van der Waals surface area (Å²) in [6.45, 7) is -0.0758. The normalized spacial score (nSPS) is 14.9. The molecule has 3 rings (SSSR count). The average Bonchev–Trinajstić information content (AvgIpc) is 2.83. The van der Waals surface area contributed by atoms with Gasteiger partial charge in [-0.3, -0.25) is 4.79 Å². The molecule has 2 nitrogen and oxygen atoms in total. The monoisotopic (exact) mass is 345 g/mol. The molecule has 0 saturated carbocycles. The Balaban J connectivity index is 2.10. The molecule has 2 aromatic carbocycles. The van der Waals surface area contributed by atoms with Crippen molar-refractivity contribution in [1.29, 1.82) is 0 Å². The summed E-state index contributed by atoms with van der Waals surface area (Å²) in [5, 5.41) is 0. The molecule has 0 unspecified atom stereocenters. The molecule has 0 atom stereocenters. The fourth-order valence-electron chi connectivity index (χ4n) is 2.56. The van der Waals surface area contributed by atoms with Crippen molar-refractivity contribution in [3.8, 4) is 0 Å². The Morgan fingerprint density at radius 3 is 1.88 bits per heavy atom. The smallest absolute Gasteiger partial charge is 0.304 e. The zero-order chi connectivity index (χ0) is 17.7. The lowest BCUT2D eigenvalue weighted by molar-refractivity contribution is -0.143. The van der Waals surface area contributed by atoms with Crippen LogP contribution in [-0.4, -0.2) is 5.91 Å². The number of benzene rings is 2. The summed E-state index contributed by atoms with van der Waals surface area (Å²) in [4.78, 5) is 13.2. The van der Waals surface area contributed by atoms with Crippen molar-refractivity contribution in [2.24, 2.45) is 0 Å². The molecule has 0 bridgehead atoms. The van der Waals surface area contributed by atoms with Gasteiger partial charge in [0.05, 0.1) is 17.7 Å². The van der Waals surface area contributed by atoms with Gasteiger partial charge in [-0.25, -0.2) is 0 Å². The van der Waals surface area contributed by atoms with Crippen LogP contribution >= 0.6 is 0 Å². The summed E-state index contributed by atoms with van der Waals surface area (Å²) in [7, 11) is 0. The molecule has 0 N–H and O–H groups in total. The van der Waals surface area contributed by atoms with Crippen molar-refractivity contribution in [3.05, 3.63) is 64.7 Å². The molecular weight excluding hydrogens is 336 g/mol. The van der Waals surface area contributed by atoms with Crippen LogP contribution in [0.15, 0.2) is 42.5 Å². The largest absolute Gasteiger partial charge is 0.416 e. The Bertz CT molecular complexity index is 777. The van der Waals surface area contributed by atoms with Crippen LogP contribution in [-0.2, 0) is 18.9 Å². The fraction of sp³-hybridized carbons (Fsp3) is 0.188. The van der Waals surface area contributed by atoms with Crippen LogP contribution in [0.5, 0.6) is 0 Å². The van der Waals surface area contributed by atoms with E-state index in [0.29, 0.717) is 17.7 Å². The number of alkyl halides is 6. The molecule has 1 heterocycles. The van der Waals surface area contributed by atoms with Crippen molar-refractivity contribution < 1.29 is 31.1 Å². The lowest BCUT2D eigenvalue weighted by Crippen LogP contribution is -2.24. The molecule has 0 saturated heterocycles. The molecule has 0 aliphatic carbocycles. The van der Waals surface area contributed by atoms with Gasteiger partial charge in [0.2, 0.25) is 0 Å². The number of hydrogen-bond donors (Lipinski definition) is 0. The molecule has 8 heteroatoms. The standard InChI is InChI=1S/C16H9F6NO/c17-15(18,19)10-5-11(16(20,21)22)7-12(6-10)23-8-9-3-1-2-4-13(9)14(23)24/h1-7H,8H2. The number of carbonyl (C=O) groups is 1. The lowest BCUT2D eigenvalue weighted by atomic mass is 10.1. The molecule has 0 radical (unpaired) electrons. The first kappa shape index (κ1) is 16.4. The van der Waals surface area contributed by atoms with Crippen molar-refractivity contribution in [1.82, 2.24) is 0 Å². The molecule has 1 aliphatic rings. The van der Waals surface area contributed by atoms with Gasteiger partial charge in [0, 0.05) is 11.3 Å². The predicted octanol–water partition coefficient (Wildman–Crippen LogP) is 4.88. The van der Waals surface area contributed by atoms with Gasteiger partial charge in [0.25, 0.3) is 5.91 Å². The Labute approximate surface area is 132 Å². The summed E-state index contributed by atoms with van der Waals surface area (Å²) in [6.07, 6.45) is -9.91. The SMILES string of the molecule is O=C1c2ccccc2CN1c1cc(C(F)(F)F)cc(C(F)(F)F)c1. The van der Waals surface area contributed by atoms with E-state index in [1.807, 2.05) is 0 Å². The second kappa shape index (κ2) is 5.25. The third-order valence-electron chi connectivity index (χ3n) is 3.71. The van der Waals surface area contributed by atoms with Crippen LogP contribution in [0.1, 0.15) is 27.0 Å². The van der Waals surface area contributed by atoms with Crippen molar-refractivity contribution in [2.75, 3.05) is 4.90 Å². The number of hydrogen-bond acceptors (Lipinski definition) is 1. The van der Waals surface area contributed by atoms with Gasteiger partial charge in [0.15, 0.2) is 0 Å². The summed E-state index contributed by atoms with van der Waals surface area (Å²) in [5.41, 5.74) is -2.51. The molecule has 0 spiro atoms. The van der Waals surface area contributed by atoms with Gasteiger partial charge in [0.1, 0.15) is 0 Å². The van der Waals surface area contributed by atoms with E-state index in [-0.39, 0.29) is 18.2 Å². The van der Waals surface area contributed by atoms with E-state index in [1.54, 1.807) is 18.2 Å². The van der Waals surface area contributed by atoms with Crippen molar-refractivity contribution in [2.45, 2.75) is 18.9 Å². The van der Waals surface area contributed by atoms with E-state index in [9.17, 15) is 31.1 Å². The molecule has 1 aliphatic heterocycles. The zero-order valence-electron chi connectivity index (χ0n) is 11.9. The minimum absolute atomic E-state index is 0.0389. The number of carbonyl (C=O) groups excluding carboxylic acids is 1. The molecule has 1 amide bonds. The molecule has 24 heavy (non-hydrogen) atoms. The van der Waals surface area contributed by atoms with Crippen LogP contribution in [0, 0.1) is 0 Å². The van der Waals surface area contributed by atoms with Gasteiger partial charge in [-0.15, -0.1) is 0 Å². The van der Waals surface area contributed by atoms with Gasteiger partial charge in [-0.05, 0) is 29.8 Å². The Kier molecular flexibility index (Phi) is 3.58. The van der Waals surface area contributed by atoms with E-state index >= 15 is 0 Å². The van der Waals surface area contributed by atoms with E-state index in [1.165, 1.54) is 6.07 Å². The maximum atomic E-state index is 12.9. The number of anilines is 1. The quantitative estimate of drug-likeness (QED) is 0.674. The van der Waals surface area contributed by atoms with Gasteiger partial charge < -0.3 is 4.90 Å².